The average Bonchev–Trinajstić information content (AvgIpc) is 2.48. The number of aliphatic hydroxyl groups is 1. The van der Waals surface area contributed by atoms with Gasteiger partial charge in [0.15, 0.2) is 0 Å². The van der Waals surface area contributed by atoms with Gasteiger partial charge >= 0.3 is 0 Å². The van der Waals surface area contributed by atoms with E-state index in [1.807, 2.05) is 0 Å². The molecule has 0 bridgehead atoms. The minimum atomic E-state index is -0.0777. The molecule has 76 valence electrons. The van der Waals surface area contributed by atoms with E-state index in [0.717, 1.165) is 25.9 Å². The largest absolute Gasteiger partial charge is 0.394 e. The summed E-state index contributed by atoms with van der Waals surface area (Å²) in [5, 5.41) is 9.06. The van der Waals surface area contributed by atoms with Crippen molar-refractivity contribution in [3.8, 4) is 0 Å². The van der Waals surface area contributed by atoms with Gasteiger partial charge in [0, 0.05) is 5.92 Å². The summed E-state index contributed by atoms with van der Waals surface area (Å²) < 4.78 is 11.4. The Bertz CT molecular complexity index is 183. The van der Waals surface area contributed by atoms with E-state index in [0.29, 0.717) is 12.5 Å². The van der Waals surface area contributed by atoms with E-state index in [-0.39, 0.29) is 18.3 Å². The summed E-state index contributed by atoms with van der Waals surface area (Å²) in [5.41, 5.74) is -0.0777. The topological polar surface area (TPSA) is 38.7 Å². The van der Waals surface area contributed by atoms with Crippen molar-refractivity contribution in [3.63, 3.8) is 0 Å². The second-order valence-corrected chi connectivity index (χ2v) is 4.30. The van der Waals surface area contributed by atoms with Gasteiger partial charge in [-0.05, 0) is 19.3 Å². The van der Waals surface area contributed by atoms with Crippen LogP contribution >= 0.6 is 0 Å². The number of ether oxygens (including phenoxy) is 2. The van der Waals surface area contributed by atoms with E-state index >= 15 is 0 Å². The molecule has 2 fully saturated rings. The van der Waals surface area contributed by atoms with Crippen LogP contribution in [0.4, 0.5) is 0 Å². The smallest absolute Gasteiger partial charge is 0.0966 e. The molecule has 0 aliphatic carbocycles. The van der Waals surface area contributed by atoms with Crippen LogP contribution in [0.2, 0.25) is 0 Å². The zero-order valence-corrected chi connectivity index (χ0v) is 8.16. The molecule has 0 aromatic heterocycles. The van der Waals surface area contributed by atoms with E-state index in [2.05, 4.69) is 6.92 Å². The molecule has 1 spiro atoms. The molecule has 3 unspecified atom stereocenters. The van der Waals surface area contributed by atoms with Gasteiger partial charge in [0.2, 0.25) is 0 Å². The first-order valence-electron chi connectivity index (χ1n) is 5.13. The highest BCUT2D eigenvalue weighted by molar-refractivity contribution is 4.94. The van der Waals surface area contributed by atoms with Gasteiger partial charge in [-0.2, -0.15) is 0 Å². The molecule has 3 atom stereocenters. The fourth-order valence-electron chi connectivity index (χ4n) is 2.38. The van der Waals surface area contributed by atoms with Crippen molar-refractivity contribution in [1.29, 1.82) is 0 Å². The van der Waals surface area contributed by atoms with Crippen LogP contribution in [0.15, 0.2) is 0 Å². The molecule has 2 heterocycles. The molecule has 3 nitrogen and oxygen atoms in total. The van der Waals surface area contributed by atoms with Gasteiger partial charge in [0.1, 0.15) is 0 Å². The second-order valence-electron chi connectivity index (χ2n) is 4.30. The summed E-state index contributed by atoms with van der Waals surface area (Å²) in [6, 6.07) is 0. The Morgan fingerprint density at radius 1 is 1.54 bits per heavy atom. The molecule has 1 N–H and O–H groups in total. The number of aliphatic hydroxyl groups excluding tert-OH is 1. The van der Waals surface area contributed by atoms with Crippen LogP contribution in [-0.2, 0) is 9.47 Å². The summed E-state index contributed by atoms with van der Waals surface area (Å²) >= 11 is 0. The summed E-state index contributed by atoms with van der Waals surface area (Å²) in [6.45, 7) is 3.84. The number of hydrogen-bond acceptors (Lipinski definition) is 3. The lowest BCUT2D eigenvalue weighted by molar-refractivity contribution is -0.155. The molecular formula is C10H18O3. The molecule has 0 radical (unpaired) electrons. The summed E-state index contributed by atoms with van der Waals surface area (Å²) in [7, 11) is 0. The monoisotopic (exact) mass is 186 g/mol. The third-order valence-corrected chi connectivity index (χ3v) is 3.34. The molecule has 2 aliphatic heterocycles. The molecule has 2 saturated heterocycles. The minimum Gasteiger partial charge on any atom is -0.394 e. The first-order chi connectivity index (χ1) is 6.27. The molecular weight excluding hydrogens is 168 g/mol. The highest BCUT2D eigenvalue weighted by Gasteiger charge is 2.45. The van der Waals surface area contributed by atoms with Crippen LogP contribution in [0.5, 0.6) is 0 Å². The van der Waals surface area contributed by atoms with E-state index in [9.17, 15) is 0 Å². The molecule has 2 aliphatic rings. The molecule has 0 aromatic rings. The van der Waals surface area contributed by atoms with Gasteiger partial charge in [0.05, 0.1) is 31.5 Å². The Hall–Kier alpha value is -0.120. The number of rotatable bonds is 1. The molecule has 3 heteroatoms. The van der Waals surface area contributed by atoms with Crippen LogP contribution in [-0.4, -0.2) is 36.6 Å². The Morgan fingerprint density at radius 2 is 2.38 bits per heavy atom. The maximum atomic E-state index is 9.06. The predicted octanol–water partition coefficient (Wildman–Crippen LogP) is 0.953. The highest BCUT2D eigenvalue weighted by Crippen LogP contribution is 2.38. The summed E-state index contributed by atoms with van der Waals surface area (Å²) in [6.07, 6.45) is 3.27. The molecule has 0 saturated carbocycles. The van der Waals surface area contributed by atoms with Crippen molar-refractivity contribution in [2.45, 2.75) is 37.9 Å². The Morgan fingerprint density at radius 3 is 3.00 bits per heavy atom. The van der Waals surface area contributed by atoms with Crippen LogP contribution in [0.3, 0.4) is 0 Å². The summed E-state index contributed by atoms with van der Waals surface area (Å²) in [4.78, 5) is 0. The van der Waals surface area contributed by atoms with Crippen molar-refractivity contribution in [1.82, 2.24) is 0 Å². The number of hydrogen-bond donors (Lipinski definition) is 1. The van der Waals surface area contributed by atoms with E-state index in [4.69, 9.17) is 14.6 Å². The zero-order valence-electron chi connectivity index (χ0n) is 8.16. The fourth-order valence-corrected chi connectivity index (χ4v) is 2.38. The lowest BCUT2D eigenvalue weighted by Gasteiger charge is -2.39. The Kier molecular flexibility index (Phi) is 2.58. The van der Waals surface area contributed by atoms with Gasteiger partial charge in [0.25, 0.3) is 0 Å². The van der Waals surface area contributed by atoms with Gasteiger partial charge in [-0.3, -0.25) is 0 Å². The first kappa shape index (κ1) is 9.44. The molecule has 0 amide bonds. The highest BCUT2D eigenvalue weighted by atomic mass is 16.6. The fraction of sp³-hybridized carbons (Fsp3) is 1.00. The van der Waals surface area contributed by atoms with Crippen LogP contribution in [0.1, 0.15) is 26.2 Å². The predicted molar refractivity (Wildman–Crippen MR) is 48.5 cm³/mol. The quantitative estimate of drug-likeness (QED) is 0.662. The SMILES string of the molecule is CC1COCC12CCCC(CO)O2. The van der Waals surface area contributed by atoms with E-state index < -0.39 is 0 Å². The molecule has 0 aromatic carbocycles. The Balaban J connectivity index is 2.04. The molecule has 13 heavy (non-hydrogen) atoms. The molecule has 2 rings (SSSR count). The first-order valence-corrected chi connectivity index (χ1v) is 5.13. The van der Waals surface area contributed by atoms with Crippen molar-refractivity contribution < 1.29 is 14.6 Å². The lowest BCUT2D eigenvalue weighted by Crippen LogP contribution is -2.46. The maximum Gasteiger partial charge on any atom is 0.0966 e. The second kappa shape index (κ2) is 3.56. The Labute approximate surface area is 79.0 Å². The normalized spacial score (nSPS) is 45.7. The summed E-state index contributed by atoms with van der Waals surface area (Å²) in [5.74, 6) is 0.474. The maximum absolute atomic E-state index is 9.06. The standard InChI is InChI=1S/C10H18O3/c1-8-6-12-7-10(8)4-2-3-9(5-11)13-10/h8-9,11H,2-7H2,1H3. The van der Waals surface area contributed by atoms with Crippen molar-refractivity contribution in [2.75, 3.05) is 19.8 Å². The minimum absolute atomic E-state index is 0.0397. The van der Waals surface area contributed by atoms with Crippen molar-refractivity contribution in [3.05, 3.63) is 0 Å². The lowest BCUT2D eigenvalue weighted by atomic mass is 9.84. The third kappa shape index (κ3) is 1.60. The van der Waals surface area contributed by atoms with Crippen molar-refractivity contribution in [2.24, 2.45) is 5.92 Å². The van der Waals surface area contributed by atoms with Gasteiger partial charge in [-0.25, -0.2) is 0 Å². The van der Waals surface area contributed by atoms with Crippen molar-refractivity contribution >= 4 is 0 Å². The van der Waals surface area contributed by atoms with Gasteiger partial charge < -0.3 is 14.6 Å². The van der Waals surface area contributed by atoms with Crippen LogP contribution in [0, 0.1) is 5.92 Å². The third-order valence-electron chi connectivity index (χ3n) is 3.34. The average molecular weight is 186 g/mol. The van der Waals surface area contributed by atoms with Gasteiger partial charge in [-0.15, -0.1) is 0 Å². The zero-order chi connectivity index (χ0) is 9.31. The van der Waals surface area contributed by atoms with Gasteiger partial charge in [-0.1, -0.05) is 6.92 Å². The van der Waals surface area contributed by atoms with E-state index in [1.54, 1.807) is 0 Å². The van der Waals surface area contributed by atoms with Crippen LogP contribution in [0.25, 0.3) is 0 Å². The van der Waals surface area contributed by atoms with Crippen LogP contribution < -0.4 is 0 Å². The van der Waals surface area contributed by atoms with E-state index in [1.165, 1.54) is 0 Å².